The van der Waals surface area contributed by atoms with Gasteiger partial charge < -0.3 is 5.32 Å². The van der Waals surface area contributed by atoms with Crippen LogP contribution < -0.4 is 5.32 Å². The molecule has 0 atom stereocenters. The van der Waals surface area contributed by atoms with E-state index >= 15 is 0 Å². The fraction of sp³-hybridized carbons (Fsp3) is 0.500. The topological polar surface area (TPSA) is 42.0 Å². The fourth-order valence-corrected chi connectivity index (χ4v) is 1.96. The predicted molar refractivity (Wildman–Crippen MR) is 63.5 cm³/mol. The smallest absolute Gasteiger partial charge is 0.252 e. The lowest BCUT2D eigenvalue weighted by Gasteiger charge is -2.13. The molecule has 1 aliphatic carbocycles. The van der Waals surface area contributed by atoms with Gasteiger partial charge in [-0.1, -0.05) is 18.5 Å². The molecule has 1 aliphatic rings. The fourth-order valence-electron chi connectivity index (χ4n) is 1.75. The van der Waals surface area contributed by atoms with Gasteiger partial charge in [-0.2, -0.15) is 0 Å². The molecular weight excluding hydrogens is 224 g/mol. The van der Waals surface area contributed by atoms with Gasteiger partial charge in [0, 0.05) is 18.9 Å². The van der Waals surface area contributed by atoms with E-state index in [1.807, 2.05) is 0 Å². The summed E-state index contributed by atoms with van der Waals surface area (Å²) in [6.07, 6.45) is 6.62. The highest BCUT2D eigenvalue weighted by molar-refractivity contribution is 6.33. The lowest BCUT2D eigenvalue weighted by Crippen LogP contribution is -2.30. The molecule has 0 unspecified atom stereocenters. The number of carbonyl (C=O) groups excluding carboxylic acids is 1. The molecule has 4 heteroatoms. The standard InChI is InChI=1S/C12H15ClN2O/c1-2-12(4-5-12)8-15-11(16)9-3-6-14-7-10(9)13/h3,6-7H,2,4-5,8H2,1H3,(H,15,16). The maximum absolute atomic E-state index is 11.8. The monoisotopic (exact) mass is 238 g/mol. The summed E-state index contributed by atoms with van der Waals surface area (Å²) in [5.41, 5.74) is 0.860. The van der Waals surface area contributed by atoms with Crippen molar-refractivity contribution in [3.05, 3.63) is 29.0 Å². The Morgan fingerprint density at radius 1 is 1.62 bits per heavy atom. The minimum absolute atomic E-state index is 0.105. The van der Waals surface area contributed by atoms with Crippen LogP contribution in [0.2, 0.25) is 5.02 Å². The van der Waals surface area contributed by atoms with E-state index in [9.17, 15) is 4.79 Å². The number of aromatic nitrogens is 1. The number of amides is 1. The lowest BCUT2D eigenvalue weighted by atomic mass is 10.0. The molecule has 1 saturated carbocycles. The van der Waals surface area contributed by atoms with Crippen LogP contribution in [0.4, 0.5) is 0 Å². The minimum atomic E-state index is -0.105. The Morgan fingerprint density at radius 2 is 2.38 bits per heavy atom. The molecule has 1 aromatic heterocycles. The Morgan fingerprint density at radius 3 is 2.94 bits per heavy atom. The van der Waals surface area contributed by atoms with Gasteiger partial charge in [0.2, 0.25) is 0 Å². The number of rotatable bonds is 4. The molecule has 0 saturated heterocycles. The Bertz CT molecular complexity index is 402. The summed E-state index contributed by atoms with van der Waals surface area (Å²) in [6, 6.07) is 1.64. The highest BCUT2D eigenvalue weighted by Crippen LogP contribution is 2.47. The molecule has 86 valence electrons. The molecule has 0 radical (unpaired) electrons. The van der Waals surface area contributed by atoms with Crippen molar-refractivity contribution < 1.29 is 4.79 Å². The van der Waals surface area contributed by atoms with E-state index in [1.54, 1.807) is 12.3 Å². The summed E-state index contributed by atoms with van der Waals surface area (Å²) < 4.78 is 0. The van der Waals surface area contributed by atoms with Gasteiger partial charge in [0.1, 0.15) is 0 Å². The molecule has 3 nitrogen and oxygen atoms in total. The molecule has 0 aromatic carbocycles. The zero-order valence-electron chi connectivity index (χ0n) is 9.29. The van der Waals surface area contributed by atoms with Crippen LogP contribution in [0.15, 0.2) is 18.5 Å². The van der Waals surface area contributed by atoms with E-state index in [4.69, 9.17) is 11.6 Å². The van der Waals surface area contributed by atoms with Crippen LogP contribution >= 0.6 is 11.6 Å². The molecule has 0 bridgehead atoms. The highest BCUT2D eigenvalue weighted by Gasteiger charge is 2.40. The first-order valence-electron chi connectivity index (χ1n) is 5.55. The predicted octanol–water partition coefficient (Wildman–Crippen LogP) is 2.66. The van der Waals surface area contributed by atoms with E-state index in [2.05, 4.69) is 17.2 Å². The van der Waals surface area contributed by atoms with Crippen molar-refractivity contribution in [2.45, 2.75) is 26.2 Å². The molecule has 1 amide bonds. The summed E-state index contributed by atoms with van der Waals surface area (Å²) >= 11 is 5.90. The maximum Gasteiger partial charge on any atom is 0.252 e. The second kappa shape index (κ2) is 4.42. The SMILES string of the molecule is CCC1(CNC(=O)c2ccncc2Cl)CC1. The van der Waals surface area contributed by atoms with Gasteiger partial charge in [-0.15, -0.1) is 0 Å². The van der Waals surface area contributed by atoms with Gasteiger partial charge in [0.15, 0.2) is 0 Å². The van der Waals surface area contributed by atoms with Crippen molar-refractivity contribution >= 4 is 17.5 Å². The quantitative estimate of drug-likeness (QED) is 0.876. The molecule has 0 aliphatic heterocycles. The van der Waals surface area contributed by atoms with Crippen LogP contribution in [0.25, 0.3) is 0 Å². The molecule has 1 heterocycles. The molecule has 16 heavy (non-hydrogen) atoms. The van der Waals surface area contributed by atoms with Gasteiger partial charge >= 0.3 is 0 Å². The number of carbonyl (C=O) groups is 1. The first-order chi connectivity index (χ1) is 7.67. The molecule has 0 spiro atoms. The second-order valence-electron chi connectivity index (χ2n) is 4.39. The van der Waals surface area contributed by atoms with Crippen LogP contribution in [-0.4, -0.2) is 17.4 Å². The van der Waals surface area contributed by atoms with Crippen LogP contribution in [0.5, 0.6) is 0 Å². The highest BCUT2D eigenvalue weighted by atomic mass is 35.5. The second-order valence-corrected chi connectivity index (χ2v) is 4.80. The molecular formula is C12H15ClN2O. The zero-order chi connectivity index (χ0) is 11.6. The average Bonchev–Trinajstić information content (AvgIpc) is 3.07. The molecule has 2 rings (SSSR count). The van der Waals surface area contributed by atoms with Crippen molar-refractivity contribution in [3.63, 3.8) is 0 Å². The third-order valence-electron chi connectivity index (χ3n) is 3.35. The molecule has 1 fully saturated rings. The van der Waals surface area contributed by atoms with Crippen molar-refractivity contribution in [3.8, 4) is 0 Å². The van der Waals surface area contributed by atoms with Crippen molar-refractivity contribution in [1.82, 2.24) is 10.3 Å². The van der Waals surface area contributed by atoms with Crippen molar-refractivity contribution in [1.29, 1.82) is 0 Å². The Hall–Kier alpha value is -1.09. The summed E-state index contributed by atoms with van der Waals surface area (Å²) in [4.78, 5) is 15.7. The zero-order valence-corrected chi connectivity index (χ0v) is 10.0. The maximum atomic E-state index is 11.8. The summed E-state index contributed by atoms with van der Waals surface area (Å²) in [5, 5.41) is 3.35. The Labute approximate surface area is 100 Å². The first-order valence-corrected chi connectivity index (χ1v) is 5.92. The van der Waals surface area contributed by atoms with Gasteiger partial charge in [-0.3, -0.25) is 9.78 Å². The van der Waals surface area contributed by atoms with Crippen LogP contribution in [0.1, 0.15) is 36.5 Å². The lowest BCUT2D eigenvalue weighted by molar-refractivity contribution is 0.0944. The van der Waals surface area contributed by atoms with Gasteiger partial charge in [0.25, 0.3) is 5.91 Å². The summed E-state index contributed by atoms with van der Waals surface area (Å²) in [6.45, 7) is 2.92. The van der Waals surface area contributed by atoms with E-state index in [1.165, 1.54) is 19.0 Å². The molecule has 1 N–H and O–H groups in total. The number of nitrogens with zero attached hydrogens (tertiary/aromatic N) is 1. The number of hydrogen-bond acceptors (Lipinski definition) is 2. The van der Waals surface area contributed by atoms with Crippen LogP contribution in [0.3, 0.4) is 0 Å². The minimum Gasteiger partial charge on any atom is -0.351 e. The van der Waals surface area contributed by atoms with E-state index in [-0.39, 0.29) is 5.91 Å². The average molecular weight is 239 g/mol. The molecule has 1 aromatic rings. The van der Waals surface area contributed by atoms with Crippen molar-refractivity contribution in [2.75, 3.05) is 6.54 Å². The summed E-state index contributed by atoms with van der Waals surface area (Å²) in [5.74, 6) is -0.105. The third-order valence-corrected chi connectivity index (χ3v) is 3.65. The van der Waals surface area contributed by atoms with Gasteiger partial charge in [-0.05, 0) is 30.7 Å². The number of halogens is 1. The number of nitrogens with one attached hydrogen (secondary N) is 1. The van der Waals surface area contributed by atoms with Gasteiger partial charge in [0.05, 0.1) is 10.6 Å². The number of pyridine rings is 1. The largest absolute Gasteiger partial charge is 0.351 e. The van der Waals surface area contributed by atoms with Gasteiger partial charge in [-0.25, -0.2) is 0 Å². The van der Waals surface area contributed by atoms with Crippen LogP contribution in [0, 0.1) is 5.41 Å². The van der Waals surface area contributed by atoms with E-state index in [0.29, 0.717) is 16.0 Å². The van der Waals surface area contributed by atoms with E-state index < -0.39 is 0 Å². The number of hydrogen-bond donors (Lipinski definition) is 1. The normalized spacial score (nSPS) is 16.9. The van der Waals surface area contributed by atoms with Crippen LogP contribution in [-0.2, 0) is 0 Å². The Balaban J connectivity index is 1.96. The van der Waals surface area contributed by atoms with E-state index in [0.717, 1.165) is 13.0 Å². The Kier molecular flexibility index (Phi) is 3.15. The third kappa shape index (κ3) is 2.35. The summed E-state index contributed by atoms with van der Waals surface area (Å²) in [7, 11) is 0. The first kappa shape index (κ1) is 11.4. The van der Waals surface area contributed by atoms with Crippen molar-refractivity contribution in [2.24, 2.45) is 5.41 Å².